The van der Waals surface area contributed by atoms with Crippen LogP contribution in [0.25, 0.3) is 0 Å². The lowest BCUT2D eigenvalue weighted by atomic mass is 10.1. The van der Waals surface area contributed by atoms with E-state index < -0.39 is 0 Å². The van der Waals surface area contributed by atoms with Gasteiger partial charge in [0.15, 0.2) is 5.75 Å². The van der Waals surface area contributed by atoms with Gasteiger partial charge in [-0.3, -0.25) is 4.79 Å². The summed E-state index contributed by atoms with van der Waals surface area (Å²) in [7, 11) is 4.61. The molecule has 0 unspecified atom stereocenters. The molecule has 5 nitrogen and oxygen atoms in total. The lowest BCUT2D eigenvalue weighted by molar-refractivity contribution is 0.0939. The van der Waals surface area contributed by atoms with E-state index in [-0.39, 0.29) is 22.0 Å². The first-order valence-electron chi connectivity index (χ1n) is 7.47. The molecule has 0 bridgehead atoms. The van der Waals surface area contributed by atoms with Gasteiger partial charge in [-0.15, -0.1) is 0 Å². The molecule has 1 amide bonds. The van der Waals surface area contributed by atoms with Crippen LogP contribution in [0.1, 0.15) is 28.9 Å². The van der Waals surface area contributed by atoms with Crippen LogP contribution in [-0.2, 0) is 0 Å². The fourth-order valence-corrected chi connectivity index (χ4v) is 3.06. The van der Waals surface area contributed by atoms with Gasteiger partial charge in [0.05, 0.1) is 37.4 Å². The number of amides is 1. The lowest BCUT2D eigenvalue weighted by Gasteiger charge is -2.18. The van der Waals surface area contributed by atoms with Gasteiger partial charge < -0.3 is 19.5 Å². The number of rotatable bonds is 6. The molecule has 0 fully saturated rings. The summed E-state index contributed by atoms with van der Waals surface area (Å²) in [6, 6.07) is 8.10. The second-order valence-electron chi connectivity index (χ2n) is 5.28. The molecule has 0 heterocycles. The number of hydrogen-bond donors (Lipinski definition) is 1. The SMILES string of the molecule is COc1ccc(OC)c([C@H](C)NC(=O)c2cc(Cl)c(OC)c(Cl)c2)c1. The first kappa shape index (κ1) is 19.2. The Kier molecular flexibility index (Phi) is 6.39. The zero-order valence-corrected chi connectivity index (χ0v) is 15.9. The van der Waals surface area contributed by atoms with E-state index in [0.717, 1.165) is 5.56 Å². The summed E-state index contributed by atoms with van der Waals surface area (Å²) >= 11 is 12.2. The minimum absolute atomic E-state index is 0.270. The summed E-state index contributed by atoms with van der Waals surface area (Å²) in [6.45, 7) is 1.85. The van der Waals surface area contributed by atoms with Crippen molar-refractivity contribution in [2.45, 2.75) is 13.0 Å². The number of carbonyl (C=O) groups is 1. The lowest BCUT2D eigenvalue weighted by Crippen LogP contribution is -2.27. The number of methoxy groups -OCH3 is 3. The van der Waals surface area contributed by atoms with E-state index in [1.54, 1.807) is 26.4 Å². The molecule has 0 saturated heterocycles. The Balaban J connectivity index is 2.26. The molecular weight excluding hydrogens is 365 g/mol. The fraction of sp³-hybridized carbons (Fsp3) is 0.278. The predicted molar refractivity (Wildman–Crippen MR) is 98.4 cm³/mol. The van der Waals surface area contributed by atoms with Crippen LogP contribution in [0.3, 0.4) is 0 Å². The molecule has 7 heteroatoms. The van der Waals surface area contributed by atoms with Crippen LogP contribution in [0, 0.1) is 0 Å². The van der Waals surface area contributed by atoms with E-state index in [0.29, 0.717) is 22.8 Å². The molecule has 0 aliphatic carbocycles. The van der Waals surface area contributed by atoms with Crippen molar-refractivity contribution in [2.24, 2.45) is 0 Å². The van der Waals surface area contributed by atoms with Crippen molar-refractivity contribution in [3.63, 3.8) is 0 Å². The topological polar surface area (TPSA) is 56.8 Å². The van der Waals surface area contributed by atoms with Crippen LogP contribution in [0.5, 0.6) is 17.2 Å². The minimum atomic E-state index is -0.322. The fourth-order valence-electron chi connectivity index (χ4n) is 2.42. The Bertz CT molecular complexity index is 757. The molecule has 0 radical (unpaired) electrons. The van der Waals surface area contributed by atoms with Crippen molar-refractivity contribution in [1.29, 1.82) is 0 Å². The zero-order chi connectivity index (χ0) is 18.6. The number of benzene rings is 2. The molecule has 1 N–H and O–H groups in total. The van der Waals surface area contributed by atoms with E-state index in [2.05, 4.69) is 5.32 Å². The van der Waals surface area contributed by atoms with Crippen molar-refractivity contribution < 1.29 is 19.0 Å². The third-order valence-corrected chi connectivity index (χ3v) is 4.28. The van der Waals surface area contributed by atoms with Crippen LogP contribution in [0.15, 0.2) is 30.3 Å². The van der Waals surface area contributed by atoms with Gasteiger partial charge in [0.1, 0.15) is 11.5 Å². The van der Waals surface area contributed by atoms with Crippen molar-refractivity contribution in [2.75, 3.05) is 21.3 Å². The maximum absolute atomic E-state index is 12.5. The molecule has 0 saturated carbocycles. The molecule has 1 atom stereocenters. The molecule has 2 rings (SSSR count). The second kappa shape index (κ2) is 8.32. The molecule has 0 aliphatic rings. The second-order valence-corrected chi connectivity index (χ2v) is 6.09. The number of halogens is 2. The van der Waals surface area contributed by atoms with E-state index in [1.165, 1.54) is 19.2 Å². The summed E-state index contributed by atoms with van der Waals surface area (Å²) in [6.07, 6.45) is 0. The molecule has 25 heavy (non-hydrogen) atoms. The summed E-state index contributed by atoms with van der Waals surface area (Å²) in [5.41, 5.74) is 1.13. The molecule has 0 aromatic heterocycles. The first-order valence-corrected chi connectivity index (χ1v) is 8.22. The maximum atomic E-state index is 12.5. The molecular formula is C18H19Cl2NO4. The molecule has 2 aromatic carbocycles. The number of nitrogens with one attached hydrogen (secondary N) is 1. The summed E-state index contributed by atoms with van der Waals surface area (Å²) in [4.78, 5) is 12.5. The standard InChI is InChI=1S/C18H19Cl2NO4/c1-10(13-9-12(23-2)5-6-16(13)24-3)21-18(22)11-7-14(19)17(25-4)15(20)8-11/h5-10H,1-4H3,(H,21,22)/t10-/m0/s1. The summed E-state index contributed by atoms with van der Waals surface area (Å²) in [5, 5.41) is 3.44. The van der Waals surface area contributed by atoms with Gasteiger partial charge in [0.25, 0.3) is 5.91 Å². The number of ether oxygens (including phenoxy) is 3. The Morgan fingerprint density at radius 1 is 1.00 bits per heavy atom. The van der Waals surface area contributed by atoms with Crippen LogP contribution in [-0.4, -0.2) is 27.2 Å². The summed E-state index contributed by atoms with van der Waals surface area (Å²) < 4.78 is 15.7. The van der Waals surface area contributed by atoms with Gasteiger partial charge in [-0.1, -0.05) is 23.2 Å². The van der Waals surface area contributed by atoms with E-state index >= 15 is 0 Å². The largest absolute Gasteiger partial charge is 0.497 e. The number of hydrogen-bond acceptors (Lipinski definition) is 4. The van der Waals surface area contributed by atoms with Crippen LogP contribution in [0.4, 0.5) is 0 Å². The van der Waals surface area contributed by atoms with Crippen LogP contribution in [0.2, 0.25) is 10.0 Å². The Morgan fingerprint density at radius 2 is 1.64 bits per heavy atom. The average molecular weight is 384 g/mol. The van der Waals surface area contributed by atoms with Gasteiger partial charge in [-0.05, 0) is 37.3 Å². The van der Waals surface area contributed by atoms with Crippen molar-refractivity contribution in [3.05, 3.63) is 51.5 Å². The Labute approximate surface area is 156 Å². The average Bonchev–Trinajstić information content (AvgIpc) is 2.60. The van der Waals surface area contributed by atoms with Gasteiger partial charge >= 0.3 is 0 Å². The third-order valence-electron chi connectivity index (χ3n) is 3.72. The highest BCUT2D eigenvalue weighted by atomic mass is 35.5. The normalized spacial score (nSPS) is 11.6. The molecule has 0 spiro atoms. The molecule has 2 aromatic rings. The number of carbonyl (C=O) groups excluding carboxylic acids is 1. The third kappa shape index (κ3) is 4.30. The van der Waals surface area contributed by atoms with Gasteiger partial charge in [-0.25, -0.2) is 0 Å². The van der Waals surface area contributed by atoms with E-state index in [9.17, 15) is 4.79 Å². The highest BCUT2D eigenvalue weighted by molar-refractivity contribution is 6.37. The van der Waals surface area contributed by atoms with E-state index in [1.807, 2.05) is 13.0 Å². The highest BCUT2D eigenvalue weighted by Crippen LogP contribution is 2.34. The Morgan fingerprint density at radius 3 is 2.16 bits per heavy atom. The summed E-state index contributed by atoms with van der Waals surface area (Å²) in [5.74, 6) is 1.35. The van der Waals surface area contributed by atoms with Crippen LogP contribution < -0.4 is 19.5 Å². The van der Waals surface area contributed by atoms with Gasteiger partial charge in [0.2, 0.25) is 0 Å². The first-order chi connectivity index (χ1) is 11.9. The van der Waals surface area contributed by atoms with Crippen molar-refractivity contribution >= 4 is 29.1 Å². The highest BCUT2D eigenvalue weighted by Gasteiger charge is 2.18. The smallest absolute Gasteiger partial charge is 0.251 e. The molecule has 134 valence electrons. The van der Waals surface area contributed by atoms with Gasteiger partial charge in [0, 0.05) is 11.1 Å². The van der Waals surface area contributed by atoms with E-state index in [4.69, 9.17) is 37.4 Å². The Hall–Kier alpha value is -2.11. The van der Waals surface area contributed by atoms with Gasteiger partial charge in [-0.2, -0.15) is 0 Å². The minimum Gasteiger partial charge on any atom is -0.497 e. The van der Waals surface area contributed by atoms with Crippen molar-refractivity contribution in [1.82, 2.24) is 5.32 Å². The monoisotopic (exact) mass is 383 g/mol. The maximum Gasteiger partial charge on any atom is 0.251 e. The molecule has 0 aliphatic heterocycles. The predicted octanol–water partition coefficient (Wildman–Crippen LogP) is 4.51. The van der Waals surface area contributed by atoms with Crippen LogP contribution >= 0.6 is 23.2 Å². The quantitative estimate of drug-likeness (QED) is 0.796. The zero-order valence-electron chi connectivity index (χ0n) is 14.4. The van der Waals surface area contributed by atoms with Crippen molar-refractivity contribution in [3.8, 4) is 17.2 Å².